The molecule has 16 heteroatoms. The summed E-state index contributed by atoms with van der Waals surface area (Å²) in [5, 5.41) is 33.1. The number of carbonyl (C=O) groups is 3. The van der Waals surface area contributed by atoms with Gasteiger partial charge in [-0.25, -0.2) is 4.68 Å². The summed E-state index contributed by atoms with van der Waals surface area (Å²) in [5.74, 6) is -1.57. The molecule has 4 heterocycles. The summed E-state index contributed by atoms with van der Waals surface area (Å²) >= 11 is 4.17. The number of β-lactam (4-membered cyclic amide) rings is 1. The van der Waals surface area contributed by atoms with Crippen LogP contribution in [0, 0.1) is 6.92 Å². The Balaban J connectivity index is 0.00000256. The number of carboxylic acid groups (broad SMARTS) is 1. The summed E-state index contributed by atoms with van der Waals surface area (Å²) in [6.07, 6.45) is 1.28. The van der Waals surface area contributed by atoms with Gasteiger partial charge in [0.25, 0.3) is 5.91 Å². The predicted octanol–water partition coefficient (Wildman–Crippen LogP) is -4.97. The van der Waals surface area contributed by atoms with E-state index in [1.807, 2.05) is 6.92 Å². The number of nitrogens with one attached hydrogen (secondary N) is 1. The van der Waals surface area contributed by atoms with Crippen LogP contribution in [0.15, 0.2) is 21.9 Å². The van der Waals surface area contributed by atoms with E-state index in [0.29, 0.717) is 17.1 Å². The van der Waals surface area contributed by atoms with Crippen molar-refractivity contribution in [2.24, 2.45) is 0 Å². The largest absolute Gasteiger partial charge is 1.00 e. The molecule has 1 N–H and O–H groups in total. The summed E-state index contributed by atoms with van der Waals surface area (Å²) in [5.41, 5.74) is 0.453. The van der Waals surface area contributed by atoms with Gasteiger partial charge in [0.2, 0.25) is 5.91 Å². The Morgan fingerprint density at radius 2 is 2.20 bits per heavy atom. The minimum atomic E-state index is -1.41. The first-order valence-electron chi connectivity index (χ1n) is 8.25. The van der Waals surface area contributed by atoms with Crippen molar-refractivity contribution < 1.29 is 49.0 Å². The fraction of sp³-hybridized carbons (Fsp3) is 0.429. The van der Waals surface area contributed by atoms with Gasteiger partial charge >= 0.3 is 29.6 Å². The number of thioether (sulfide) groups is 2. The number of carboxylic acids is 1. The quantitative estimate of drug-likeness (QED) is 0.232. The molecule has 0 saturated carbocycles. The van der Waals surface area contributed by atoms with E-state index in [-0.39, 0.29) is 41.8 Å². The average Bonchev–Trinajstić information content (AvgIpc) is 3.35. The molecule has 152 valence electrons. The van der Waals surface area contributed by atoms with Crippen molar-refractivity contribution in [3.05, 3.63) is 22.6 Å². The fourth-order valence-corrected chi connectivity index (χ4v) is 6.19. The van der Waals surface area contributed by atoms with Crippen LogP contribution in [0.1, 0.15) is 5.01 Å². The zero-order valence-electron chi connectivity index (χ0n) is 15.8. The van der Waals surface area contributed by atoms with Gasteiger partial charge in [0.1, 0.15) is 29.3 Å². The molecule has 0 radical (unpaired) electrons. The van der Waals surface area contributed by atoms with Crippen LogP contribution in [0.5, 0.6) is 0 Å². The third kappa shape index (κ3) is 4.70. The standard InChI is InChI=1S/C14H14N8O4S3.Na/c1-6-17-18-14(29-6)28-4-7-3-27-12-9(11(24)22(12)10(7)13(25)26)16-8(23)2-21-5-15-19-20-21;/h5,9,12H,2-4H2,1H3,(H,16,23)(H,25,26);/q;+1/p-1/t9-,12+;/m0./s1. The molecule has 1 saturated heterocycles. The van der Waals surface area contributed by atoms with Crippen LogP contribution in [-0.2, 0) is 20.9 Å². The van der Waals surface area contributed by atoms with Gasteiger partial charge in [-0.05, 0) is 22.9 Å². The van der Waals surface area contributed by atoms with Gasteiger partial charge < -0.3 is 15.2 Å². The molecule has 0 aliphatic carbocycles. The zero-order valence-corrected chi connectivity index (χ0v) is 20.3. The maximum atomic E-state index is 12.6. The molecule has 0 aromatic carbocycles. The molecule has 4 rings (SSSR count). The molecular formula is C14H13N8NaO4S3. The van der Waals surface area contributed by atoms with Crippen LogP contribution < -0.4 is 40.0 Å². The first-order valence-corrected chi connectivity index (χ1v) is 11.1. The number of carbonyl (C=O) groups excluding carboxylic acids is 3. The second-order valence-corrected chi connectivity index (χ2v) is 9.59. The molecular weight excluding hydrogens is 463 g/mol. The first kappa shape index (κ1) is 23.1. The summed E-state index contributed by atoms with van der Waals surface area (Å²) in [7, 11) is 0. The number of hydrogen-bond acceptors (Lipinski definition) is 12. The van der Waals surface area contributed by atoms with Crippen molar-refractivity contribution in [2.75, 3.05) is 11.5 Å². The van der Waals surface area contributed by atoms with E-state index >= 15 is 0 Å². The second-order valence-electron chi connectivity index (χ2n) is 6.08. The molecule has 0 unspecified atom stereocenters. The van der Waals surface area contributed by atoms with Crippen molar-refractivity contribution in [3.8, 4) is 0 Å². The predicted molar refractivity (Wildman–Crippen MR) is 100 cm³/mol. The fourth-order valence-electron chi connectivity index (χ4n) is 2.89. The molecule has 0 spiro atoms. The van der Waals surface area contributed by atoms with E-state index in [4.69, 9.17) is 0 Å². The van der Waals surface area contributed by atoms with Crippen LogP contribution in [-0.4, -0.2) is 76.0 Å². The average molecular weight is 477 g/mol. The van der Waals surface area contributed by atoms with E-state index in [1.54, 1.807) is 0 Å². The van der Waals surface area contributed by atoms with E-state index in [2.05, 4.69) is 31.0 Å². The van der Waals surface area contributed by atoms with Gasteiger partial charge in [-0.1, -0.05) is 23.1 Å². The monoisotopic (exact) mass is 476 g/mol. The third-order valence-corrected chi connectivity index (χ3v) is 7.53. The summed E-state index contributed by atoms with van der Waals surface area (Å²) in [6.45, 7) is 1.70. The number of aromatic nitrogens is 6. The Bertz CT molecular complexity index is 997. The molecule has 2 amide bonds. The van der Waals surface area contributed by atoms with Crippen LogP contribution in [0.4, 0.5) is 0 Å². The Hall–Kier alpha value is -1.52. The van der Waals surface area contributed by atoms with E-state index < -0.39 is 29.2 Å². The van der Waals surface area contributed by atoms with Crippen molar-refractivity contribution >= 4 is 52.6 Å². The Labute approximate surface area is 204 Å². The summed E-state index contributed by atoms with van der Waals surface area (Å²) < 4.78 is 1.95. The van der Waals surface area contributed by atoms with E-state index in [9.17, 15) is 19.5 Å². The van der Waals surface area contributed by atoms with Crippen molar-refractivity contribution in [3.63, 3.8) is 0 Å². The Morgan fingerprint density at radius 3 is 2.83 bits per heavy atom. The molecule has 12 nitrogen and oxygen atoms in total. The van der Waals surface area contributed by atoms with Crippen LogP contribution in [0.2, 0.25) is 0 Å². The van der Waals surface area contributed by atoms with Crippen LogP contribution in [0.25, 0.3) is 0 Å². The SMILES string of the molecule is Cc1nnc(SCC2=C(C(=O)[O-])N3C(=O)[C@H](NC(=O)Cn4cnnn4)[C@H]3SC2)s1.[Na+]. The molecule has 2 aliphatic rings. The molecule has 0 bridgehead atoms. The number of hydrogen-bond donors (Lipinski definition) is 1. The zero-order chi connectivity index (χ0) is 20.5. The minimum absolute atomic E-state index is 0. The van der Waals surface area contributed by atoms with Gasteiger partial charge in [0.15, 0.2) is 4.34 Å². The van der Waals surface area contributed by atoms with Gasteiger partial charge in [-0.2, -0.15) is 0 Å². The van der Waals surface area contributed by atoms with E-state index in [1.165, 1.54) is 50.8 Å². The maximum Gasteiger partial charge on any atom is 1.00 e. The normalized spacial score (nSPS) is 20.3. The van der Waals surface area contributed by atoms with Gasteiger partial charge in [0.05, 0.1) is 11.7 Å². The van der Waals surface area contributed by atoms with Gasteiger partial charge in [-0.15, -0.1) is 27.1 Å². The first-order chi connectivity index (χ1) is 13.9. The Morgan fingerprint density at radius 1 is 1.40 bits per heavy atom. The van der Waals surface area contributed by atoms with Crippen molar-refractivity contribution in [1.29, 1.82) is 0 Å². The number of aliphatic carboxylic acids is 1. The molecule has 2 aliphatic heterocycles. The number of fused-ring (bicyclic) bond motifs is 1. The van der Waals surface area contributed by atoms with Crippen molar-refractivity contribution in [2.45, 2.75) is 29.2 Å². The number of aryl methyl sites for hydroxylation is 1. The van der Waals surface area contributed by atoms with Gasteiger partial charge in [-0.3, -0.25) is 14.5 Å². The maximum absolute atomic E-state index is 12.6. The molecule has 2 atom stereocenters. The van der Waals surface area contributed by atoms with E-state index in [0.717, 1.165) is 9.35 Å². The Kier molecular flexibility index (Phi) is 7.52. The number of rotatable bonds is 7. The van der Waals surface area contributed by atoms with Crippen LogP contribution >= 0.6 is 34.9 Å². The second kappa shape index (κ2) is 9.74. The van der Waals surface area contributed by atoms with Crippen molar-refractivity contribution in [1.82, 2.24) is 40.6 Å². The minimum Gasteiger partial charge on any atom is -0.543 e. The van der Waals surface area contributed by atoms with Gasteiger partial charge in [0, 0.05) is 11.5 Å². The number of amides is 2. The summed E-state index contributed by atoms with van der Waals surface area (Å²) in [4.78, 5) is 37.6. The van der Waals surface area contributed by atoms with Crippen LogP contribution in [0.3, 0.4) is 0 Å². The smallest absolute Gasteiger partial charge is 0.543 e. The molecule has 2 aromatic heterocycles. The topological polar surface area (TPSA) is 159 Å². The molecule has 1 fully saturated rings. The molecule has 30 heavy (non-hydrogen) atoms. The summed E-state index contributed by atoms with van der Waals surface area (Å²) in [6, 6.07) is -0.807. The third-order valence-electron chi connectivity index (χ3n) is 4.13. The number of tetrazole rings is 1. The molecule has 2 aromatic rings. The number of nitrogens with zero attached hydrogens (tertiary/aromatic N) is 7.